The number of aliphatic hydroxyl groups excluding tert-OH is 1. The number of hydrogen-bond donors (Lipinski definition) is 1. The largest absolute Gasteiger partial charge is 0.491 e. The van der Waals surface area contributed by atoms with Crippen LogP contribution in [0.1, 0.15) is 20.8 Å². The van der Waals surface area contributed by atoms with Crippen LogP contribution in [0.5, 0.6) is 5.75 Å². The number of aromatic nitrogens is 4. The van der Waals surface area contributed by atoms with Crippen LogP contribution in [0.25, 0.3) is 0 Å². The zero-order valence-corrected chi connectivity index (χ0v) is 14.3. The molecule has 1 N–H and O–H groups in total. The molecule has 1 heterocycles. The average molecular weight is 343 g/mol. The molecule has 0 aliphatic rings. The van der Waals surface area contributed by atoms with E-state index in [9.17, 15) is 5.11 Å². The number of hydrogen-bond acceptors (Lipinski definition) is 6. The molecular formula is C14H19ClN4O2S. The highest BCUT2D eigenvalue weighted by atomic mass is 35.5. The first-order chi connectivity index (χ1) is 10.4. The van der Waals surface area contributed by atoms with Gasteiger partial charge in [-0.3, -0.25) is 0 Å². The van der Waals surface area contributed by atoms with E-state index in [1.54, 1.807) is 28.9 Å². The van der Waals surface area contributed by atoms with Gasteiger partial charge in [-0.15, -0.1) is 5.10 Å². The normalized spacial score (nSPS) is 13.1. The minimum atomic E-state index is -0.620. The number of ether oxygens (including phenoxy) is 1. The zero-order chi connectivity index (χ0) is 16.2. The Hall–Kier alpha value is -1.31. The molecule has 22 heavy (non-hydrogen) atoms. The van der Waals surface area contributed by atoms with Gasteiger partial charge in [-0.2, -0.15) is 0 Å². The first-order valence-corrected chi connectivity index (χ1v) is 8.21. The Kier molecular flexibility index (Phi) is 5.66. The van der Waals surface area contributed by atoms with E-state index in [2.05, 4.69) is 15.5 Å². The van der Waals surface area contributed by atoms with Crippen LogP contribution in [-0.4, -0.2) is 43.8 Å². The standard InChI is InChI=1S/C14H19ClN4O2S/c1-14(2,3)19-13(16-17-18-19)22-9-11(20)8-21-12-6-4-10(15)5-7-12/h4-7,11,20H,8-9H2,1-3H3/t11-/m1/s1. The van der Waals surface area contributed by atoms with Crippen LogP contribution >= 0.6 is 23.4 Å². The van der Waals surface area contributed by atoms with Crippen molar-refractivity contribution < 1.29 is 9.84 Å². The molecule has 0 spiro atoms. The summed E-state index contributed by atoms with van der Waals surface area (Å²) in [4.78, 5) is 0. The van der Waals surface area contributed by atoms with Crippen molar-refractivity contribution >= 4 is 23.4 Å². The number of thioether (sulfide) groups is 1. The fraction of sp³-hybridized carbons (Fsp3) is 0.500. The number of rotatable bonds is 6. The monoisotopic (exact) mass is 342 g/mol. The van der Waals surface area contributed by atoms with E-state index in [-0.39, 0.29) is 12.1 Å². The Balaban J connectivity index is 1.82. The molecule has 1 aromatic heterocycles. The number of nitrogens with zero attached hydrogens (tertiary/aromatic N) is 4. The lowest BCUT2D eigenvalue weighted by Crippen LogP contribution is -2.25. The molecule has 2 rings (SSSR count). The lowest BCUT2D eigenvalue weighted by molar-refractivity contribution is 0.126. The molecule has 0 unspecified atom stereocenters. The van der Waals surface area contributed by atoms with Crippen molar-refractivity contribution in [2.24, 2.45) is 0 Å². The molecule has 120 valence electrons. The van der Waals surface area contributed by atoms with Crippen molar-refractivity contribution in [3.05, 3.63) is 29.3 Å². The van der Waals surface area contributed by atoms with Crippen LogP contribution < -0.4 is 4.74 Å². The van der Waals surface area contributed by atoms with Crippen molar-refractivity contribution in [1.82, 2.24) is 20.2 Å². The molecule has 8 heteroatoms. The molecule has 0 aliphatic heterocycles. The Morgan fingerprint density at radius 2 is 2.00 bits per heavy atom. The van der Waals surface area contributed by atoms with E-state index in [0.717, 1.165) is 0 Å². The van der Waals surface area contributed by atoms with E-state index < -0.39 is 6.10 Å². The van der Waals surface area contributed by atoms with Crippen LogP contribution in [0.15, 0.2) is 29.4 Å². The summed E-state index contributed by atoms with van der Waals surface area (Å²) in [6.45, 7) is 6.26. The van der Waals surface area contributed by atoms with Crippen molar-refractivity contribution in [3.63, 3.8) is 0 Å². The first kappa shape index (κ1) is 17.1. The minimum absolute atomic E-state index is 0.198. The predicted molar refractivity (Wildman–Crippen MR) is 86.5 cm³/mol. The van der Waals surface area contributed by atoms with Crippen LogP contribution in [0.4, 0.5) is 0 Å². The molecule has 1 atom stereocenters. The summed E-state index contributed by atoms with van der Waals surface area (Å²) in [7, 11) is 0. The summed E-state index contributed by atoms with van der Waals surface area (Å²) in [6, 6.07) is 7.02. The van der Waals surface area contributed by atoms with Gasteiger partial charge in [0.2, 0.25) is 5.16 Å². The highest BCUT2D eigenvalue weighted by molar-refractivity contribution is 7.99. The maximum Gasteiger partial charge on any atom is 0.209 e. The Labute approximate surface area is 138 Å². The third-order valence-corrected chi connectivity index (χ3v) is 4.05. The van der Waals surface area contributed by atoms with Gasteiger partial charge in [-0.25, -0.2) is 4.68 Å². The summed E-state index contributed by atoms with van der Waals surface area (Å²) in [6.07, 6.45) is -0.620. The fourth-order valence-electron chi connectivity index (χ4n) is 1.63. The highest BCUT2D eigenvalue weighted by Crippen LogP contribution is 2.22. The van der Waals surface area contributed by atoms with Crippen LogP contribution in [0.2, 0.25) is 5.02 Å². The molecule has 0 saturated heterocycles. The molecule has 0 bridgehead atoms. The Morgan fingerprint density at radius 1 is 1.32 bits per heavy atom. The molecule has 0 radical (unpaired) electrons. The summed E-state index contributed by atoms with van der Waals surface area (Å²) < 4.78 is 7.25. The van der Waals surface area contributed by atoms with Crippen molar-refractivity contribution in [3.8, 4) is 5.75 Å². The average Bonchev–Trinajstić information content (AvgIpc) is 2.93. The molecule has 0 amide bonds. The predicted octanol–water partition coefficient (Wildman–Crippen LogP) is 2.61. The molecule has 0 fully saturated rings. The maximum atomic E-state index is 10.0. The highest BCUT2D eigenvalue weighted by Gasteiger charge is 2.20. The second kappa shape index (κ2) is 7.30. The van der Waals surface area contributed by atoms with E-state index >= 15 is 0 Å². The molecule has 0 aliphatic carbocycles. The maximum absolute atomic E-state index is 10.0. The number of benzene rings is 1. The van der Waals surface area contributed by atoms with Gasteiger partial charge < -0.3 is 9.84 Å². The van der Waals surface area contributed by atoms with E-state index in [1.165, 1.54) is 11.8 Å². The van der Waals surface area contributed by atoms with Gasteiger partial charge in [-0.1, -0.05) is 23.4 Å². The summed E-state index contributed by atoms with van der Waals surface area (Å²) in [5.41, 5.74) is -0.198. The second-order valence-electron chi connectivity index (χ2n) is 5.77. The van der Waals surface area contributed by atoms with E-state index in [4.69, 9.17) is 16.3 Å². The fourth-order valence-corrected chi connectivity index (χ4v) is 2.72. The Bertz CT molecular complexity index is 598. The van der Waals surface area contributed by atoms with Gasteiger partial charge in [-0.05, 0) is 55.5 Å². The van der Waals surface area contributed by atoms with E-state index in [0.29, 0.717) is 21.7 Å². The molecule has 2 aromatic rings. The van der Waals surface area contributed by atoms with Gasteiger partial charge in [0, 0.05) is 10.8 Å². The summed E-state index contributed by atoms with van der Waals surface area (Å²) >= 11 is 7.21. The number of aliphatic hydroxyl groups is 1. The lowest BCUT2D eigenvalue weighted by Gasteiger charge is -2.19. The van der Waals surface area contributed by atoms with Gasteiger partial charge >= 0.3 is 0 Å². The second-order valence-corrected chi connectivity index (χ2v) is 7.20. The van der Waals surface area contributed by atoms with Gasteiger partial charge in [0.15, 0.2) is 0 Å². The first-order valence-electron chi connectivity index (χ1n) is 6.84. The number of tetrazole rings is 1. The van der Waals surface area contributed by atoms with Gasteiger partial charge in [0.25, 0.3) is 0 Å². The lowest BCUT2D eigenvalue weighted by atomic mass is 10.1. The topological polar surface area (TPSA) is 73.1 Å². The van der Waals surface area contributed by atoms with Crippen LogP contribution in [0.3, 0.4) is 0 Å². The quantitative estimate of drug-likeness (QED) is 0.813. The third kappa shape index (κ3) is 4.86. The van der Waals surface area contributed by atoms with Gasteiger partial charge in [0.1, 0.15) is 12.4 Å². The molecule has 0 saturated carbocycles. The zero-order valence-electron chi connectivity index (χ0n) is 12.7. The Morgan fingerprint density at radius 3 is 2.64 bits per heavy atom. The van der Waals surface area contributed by atoms with Crippen molar-refractivity contribution in [2.75, 3.05) is 12.4 Å². The smallest absolute Gasteiger partial charge is 0.209 e. The summed E-state index contributed by atoms with van der Waals surface area (Å²) in [5, 5.41) is 23.0. The van der Waals surface area contributed by atoms with Crippen LogP contribution in [0, 0.1) is 0 Å². The number of halogens is 1. The molecule has 6 nitrogen and oxygen atoms in total. The SMILES string of the molecule is CC(C)(C)n1nnnc1SC[C@H](O)COc1ccc(Cl)cc1. The third-order valence-electron chi connectivity index (χ3n) is 2.74. The summed E-state index contributed by atoms with van der Waals surface area (Å²) in [5.74, 6) is 1.12. The van der Waals surface area contributed by atoms with E-state index in [1.807, 2.05) is 20.8 Å². The minimum Gasteiger partial charge on any atom is -0.491 e. The molecule has 1 aromatic carbocycles. The van der Waals surface area contributed by atoms with Gasteiger partial charge in [0.05, 0.1) is 11.6 Å². The molecular weight excluding hydrogens is 324 g/mol. The van der Waals surface area contributed by atoms with Crippen molar-refractivity contribution in [2.45, 2.75) is 37.6 Å². The van der Waals surface area contributed by atoms with Crippen molar-refractivity contribution in [1.29, 1.82) is 0 Å². The van der Waals surface area contributed by atoms with Crippen LogP contribution in [-0.2, 0) is 5.54 Å².